The van der Waals surface area contributed by atoms with Crippen molar-refractivity contribution in [3.05, 3.63) is 27.7 Å². The van der Waals surface area contributed by atoms with E-state index in [1.807, 2.05) is 6.92 Å². The van der Waals surface area contributed by atoms with Gasteiger partial charge >= 0.3 is 5.69 Å². The van der Waals surface area contributed by atoms with Gasteiger partial charge in [0.05, 0.1) is 23.1 Å². The number of rotatable bonds is 1. The first-order valence-corrected chi connectivity index (χ1v) is 5.90. The van der Waals surface area contributed by atoms with Gasteiger partial charge in [-0.3, -0.25) is 4.99 Å². The molecule has 0 spiro atoms. The van der Waals surface area contributed by atoms with Gasteiger partial charge in [0.25, 0.3) is 0 Å². The molecule has 0 saturated heterocycles. The molecule has 1 aliphatic rings. The summed E-state index contributed by atoms with van der Waals surface area (Å²) in [7, 11) is 0. The van der Waals surface area contributed by atoms with Gasteiger partial charge in [-0.25, -0.2) is 4.79 Å². The fourth-order valence-electron chi connectivity index (χ4n) is 2.15. The summed E-state index contributed by atoms with van der Waals surface area (Å²) in [5.41, 5.74) is 2.90. The number of aliphatic imine (C=N–C) groups is 1. The molecule has 0 radical (unpaired) electrons. The van der Waals surface area contributed by atoms with Crippen LogP contribution in [0.3, 0.4) is 0 Å². The summed E-state index contributed by atoms with van der Waals surface area (Å²) in [6.45, 7) is 3.41. The molecule has 2 heterocycles. The smallest absolute Gasteiger partial charge is 0.323 e. The van der Waals surface area contributed by atoms with Gasteiger partial charge in [0, 0.05) is 12.2 Å². The number of aromatic amines is 2. The lowest BCUT2D eigenvalue weighted by atomic mass is 10.1. The molecule has 0 bridgehead atoms. The third kappa shape index (κ3) is 1.83. The fraction of sp³-hybridized carbons (Fsp3) is 0.250. The Morgan fingerprint density at radius 1 is 1.42 bits per heavy atom. The number of nitrogens with one attached hydrogen (secondary N) is 4. The summed E-state index contributed by atoms with van der Waals surface area (Å²) in [5.74, 6) is 0.684. The highest BCUT2D eigenvalue weighted by molar-refractivity contribution is 5.99. The largest absolute Gasteiger partial charge is 0.354 e. The van der Waals surface area contributed by atoms with Crippen molar-refractivity contribution in [3.63, 3.8) is 0 Å². The van der Waals surface area contributed by atoms with E-state index in [0.717, 1.165) is 24.3 Å². The molecule has 0 atom stereocenters. The van der Waals surface area contributed by atoms with E-state index in [-0.39, 0.29) is 5.69 Å². The van der Waals surface area contributed by atoms with Gasteiger partial charge in [-0.15, -0.1) is 0 Å². The van der Waals surface area contributed by atoms with Crippen molar-refractivity contribution in [2.75, 3.05) is 18.4 Å². The number of aromatic nitrogens is 2. The number of benzene rings is 1. The van der Waals surface area contributed by atoms with Crippen molar-refractivity contribution in [3.8, 4) is 6.07 Å². The highest BCUT2D eigenvalue weighted by Crippen LogP contribution is 2.25. The number of nitriles is 1. The second-order valence-electron chi connectivity index (χ2n) is 4.32. The molecular weight excluding hydrogens is 244 g/mol. The Labute approximate surface area is 108 Å². The molecule has 0 unspecified atom stereocenters. The van der Waals surface area contributed by atoms with E-state index < -0.39 is 0 Å². The monoisotopic (exact) mass is 256 g/mol. The number of hydrogen-bond acceptors (Lipinski definition) is 5. The number of nitrogens with zero attached hydrogens (tertiary/aromatic N) is 2. The molecular formula is C12H12N6O. The second-order valence-corrected chi connectivity index (χ2v) is 4.32. The molecule has 1 aromatic heterocycles. The quantitative estimate of drug-likeness (QED) is 0.592. The maximum absolute atomic E-state index is 11.4. The minimum Gasteiger partial charge on any atom is -0.354 e. The lowest BCUT2D eigenvalue weighted by molar-refractivity contribution is 0.959. The number of fused-ring (bicyclic) bond motifs is 1. The van der Waals surface area contributed by atoms with Crippen molar-refractivity contribution in [1.82, 2.24) is 15.3 Å². The van der Waals surface area contributed by atoms with Gasteiger partial charge in [-0.2, -0.15) is 5.26 Å². The summed E-state index contributed by atoms with van der Waals surface area (Å²) in [6, 6.07) is 3.80. The Morgan fingerprint density at radius 3 is 2.89 bits per heavy atom. The molecule has 2 aromatic rings. The van der Waals surface area contributed by atoms with Crippen LogP contribution < -0.4 is 16.3 Å². The fourth-order valence-corrected chi connectivity index (χ4v) is 2.15. The first-order valence-electron chi connectivity index (χ1n) is 5.90. The average Bonchev–Trinajstić information content (AvgIpc) is 3.02. The number of aryl methyl sites for hydroxylation is 1. The minimum atomic E-state index is -0.317. The first kappa shape index (κ1) is 11.3. The van der Waals surface area contributed by atoms with Crippen molar-refractivity contribution < 1.29 is 0 Å². The van der Waals surface area contributed by atoms with Gasteiger partial charge in [-0.05, 0) is 18.6 Å². The Morgan fingerprint density at radius 2 is 2.21 bits per heavy atom. The molecule has 1 aromatic carbocycles. The zero-order valence-corrected chi connectivity index (χ0v) is 10.3. The Kier molecular flexibility index (Phi) is 2.49. The Balaban J connectivity index is 2.17. The zero-order chi connectivity index (χ0) is 13.4. The van der Waals surface area contributed by atoms with E-state index in [4.69, 9.17) is 5.26 Å². The molecule has 0 amide bonds. The van der Waals surface area contributed by atoms with E-state index in [1.165, 1.54) is 0 Å². The van der Waals surface area contributed by atoms with Crippen LogP contribution in [-0.2, 0) is 0 Å². The van der Waals surface area contributed by atoms with E-state index in [1.54, 1.807) is 6.07 Å². The third-order valence-corrected chi connectivity index (χ3v) is 3.11. The number of anilines is 1. The van der Waals surface area contributed by atoms with Gasteiger partial charge < -0.3 is 20.6 Å². The van der Waals surface area contributed by atoms with Gasteiger partial charge in [-0.1, -0.05) is 0 Å². The molecule has 0 saturated carbocycles. The molecule has 1 aliphatic heterocycles. The summed E-state index contributed by atoms with van der Waals surface area (Å²) >= 11 is 0. The summed E-state index contributed by atoms with van der Waals surface area (Å²) < 4.78 is 0. The number of guanidine groups is 1. The van der Waals surface area contributed by atoms with Crippen LogP contribution in [0.4, 0.5) is 5.69 Å². The van der Waals surface area contributed by atoms with Crippen LogP contribution in [0.15, 0.2) is 15.9 Å². The zero-order valence-electron chi connectivity index (χ0n) is 10.3. The van der Waals surface area contributed by atoms with E-state index >= 15 is 0 Å². The van der Waals surface area contributed by atoms with E-state index in [0.29, 0.717) is 22.6 Å². The summed E-state index contributed by atoms with van der Waals surface area (Å²) in [6.07, 6.45) is 0. The van der Waals surface area contributed by atoms with Crippen LogP contribution in [0.2, 0.25) is 0 Å². The molecule has 96 valence electrons. The maximum Gasteiger partial charge on any atom is 0.323 e. The van der Waals surface area contributed by atoms with Gasteiger partial charge in [0.1, 0.15) is 6.07 Å². The summed E-state index contributed by atoms with van der Waals surface area (Å²) in [4.78, 5) is 21.0. The summed E-state index contributed by atoms with van der Waals surface area (Å²) in [5, 5.41) is 15.4. The average molecular weight is 256 g/mol. The molecule has 7 heteroatoms. The van der Waals surface area contributed by atoms with Crippen molar-refractivity contribution in [1.29, 1.82) is 5.26 Å². The van der Waals surface area contributed by atoms with E-state index in [9.17, 15) is 4.79 Å². The van der Waals surface area contributed by atoms with Crippen LogP contribution in [0.1, 0.15) is 11.1 Å². The van der Waals surface area contributed by atoms with Crippen molar-refractivity contribution in [2.45, 2.75) is 6.92 Å². The van der Waals surface area contributed by atoms with Crippen LogP contribution in [0.25, 0.3) is 11.0 Å². The minimum absolute atomic E-state index is 0.317. The lowest BCUT2D eigenvalue weighted by Gasteiger charge is -2.11. The number of H-pyrrole nitrogens is 2. The Hall–Kier alpha value is -2.75. The van der Waals surface area contributed by atoms with Crippen molar-refractivity contribution in [2.24, 2.45) is 4.99 Å². The number of imidazole rings is 1. The normalized spacial score (nSPS) is 14.0. The second kappa shape index (κ2) is 4.17. The predicted octanol–water partition coefficient (Wildman–Crippen LogP) is 0.407. The lowest BCUT2D eigenvalue weighted by Crippen LogP contribution is -2.26. The van der Waals surface area contributed by atoms with Crippen LogP contribution >= 0.6 is 0 Å². The first-order chi connectivity index (χ1) is 9.19. The topological polar surface area (TPSA) is 109 Å². The SMILES string of the molecule is Cc1c(NC2=NCCN2)cc(C#N)c2[nH]c(=O)[nH]c12. The molecule has 7 nitrogen and oxygen atoms in total. The third-order valence-electron chi connectivity index (χ3n) is 3.11. The molecule has 0 fully saturated rings. The van der Waals surface area contributed by atoms with Crippen LogP contribution in [0.5, 0.6) is 0 Å². The highest BCUT2D eigenvalue weighted by Gasteiger charge is 2.14. The van der Waals surface area contributed by atoms with Crippen LogP contribution in [0, 0.1) is 18.3 Å². The molecule has 3 rings (SSSR count). The maximum atomic E-state index is 11.4. The Bertz CT molecular complexity index is 776. The molecule has 0 aliphatic carbocycles. The molecule has 4 N–H and O–H groups in total. The predicted molar refractivity (Wildman–Crippen MR) is 72.3 cm³/mol. The van der Waals surface area contributed by atoms with Crippen molar-refractivity contribution >= 4 is 22.7 Å². The highest BCUT2D eigenvalue weighted by atomic mass is 16.1. The molecule has 19 heavy (non-hydrogen) atoms. The van der Waals surface area contributed by atoms with Gasteiger partial charge in [0.15, 0.2) is 5.96 Å². The van der Waals surface area contributed by atoms with Gasteiger partial charge in [0.2, 0.25) is 0 Å². The number of hydrogen-bond donors (Lipinski definition) is 4. The standard InChI is InChI=1S/C12H12N6O/c1-6-8(16-11-14-2-3-15-11)4-7(5-13)10-9(6)17-12(19)18-10/h4H,2-3H2,1H3,(H2,14,15,16)(H2,17,18,19). The van der Waals surface area contributed by atoms with E-state index in [2.05, 4.69) is 31.7 Å². The van der Waals surface area contributed by atoms with Crippen LogP contribution in [-0.4, -0.2) is 29.0 Å².